The van der Waals surface area contributed by atoms with Crippen LogP contribution < -0.4 is 25.2 Å². The van der Waals surface area contributed by atoms with E-state index in [1.165, 1.54) is 24.3 Å². The van der Waals surface area contributed by atoms with E-state index in [0.29, 0.717) is 30.3 Å². The van der Waals surface area contributed by atoms with Crippen molar-refractivity contribution in [1.82, 2.24) is 5.32 Å². The number of sulfonamides is 1. The van der Waals surface area contributed by atoms with Crippen molar-refractivity contribution in [2.75, 3.05) is 18.5 Å². The van der Waals surface area contributed by atoms with Crippen molar-refractivity contribution in [3.8, 4) is 11.5 Å². The highest BCUT2D eigenvalue weighted by Crippen LogP contribution is 2.30. The number of amides is 1. The minimum atomic E-state index is -3.76. The molecule has 0 aromatic heterocycles. The predicted octanol–water partition coefficient (Wildman–Crippen LogP) is 1.09. The van der Waals surface area contributed by atoms with Gasteiger partial charge in [0, 0.05) is 12.2 Å². The normalized spacial score (nSPS) is 17.2. The van der Waals surface area contributed by atoms with Gasteiger partial charge in [-0.25, -0.2) is 13.6 Å². The van der Waals surface area contributed by atoms with Gasteiger partial charge in [0.1, 0.15) is 12.7 Å². The summed E-state index contributed by atoms with van der Waals surface area (Å²) in [5.41, 5.74) is 0.479. The van der Waals surface area contributed by atoms with Crippen LogP contribution in [0.5, 0.6) is 11.5 Å². The first-order chi connectivity index (χ1) is 12.8. The molecule has 1 aliphatic heterocycles. The number of carbonyl (C=O) groups is 1. The molecule has 2 aromatic rings. The van der Waals surface area contributed by atoms with Crippen molar-refractivity contribution in [2.45, 2.75) is 24.0 Å². The number of anilines is 1. The zero-order valence-electron chi connectivity index (χ0n) is 14.7. The fourth-order valence-electron chi connectivity index (χ4n) is 2.54. The van der Waals surface area contributed by atoms with Crippen LogP contribution >= 0.6 is 0 Å². The molecule has 0 saturated carbocycles. The molecule has 0 unspecified atom stereocenters. The highest BCUT2D eigenvalue weighted by molar-refractivity contribution is 7.89. The van der Waals surface area contributed by atoms with Gasteiger partial charge in [-0.15, -0.1) is 0 Å². The third kappa shape index (κ3) is 4.97. The lowest BCUT2D eigenvalue weighted by atomic mass is 10.2. The van der Waals surface area contributed by atoms with E-state index in [0.717, 1.165) is 0 Å². The molecule has 0 spiro atoms. The Labute approximate surface area is 157 Å². The molecule has 27 heavy (non-hydrogen) atoms. The van der Waals surface area contributed by atoms with Crippen LogP contribution in [0, 0.1) is 0 Å². The molecule has 0 aliphatic carbocycles. The molecule has 2 atom stereocenters. The summed E-state index contributed by atoms with van der Waals surface area (Å²) in [7, 11) is -3.76. The van der Waals surface area contributed by atoms with Crippen LogP contribution in [0.3, 0.4) is 0 Å². The summed E-state index contributed by atoms with van der Waals surface area (Å²) >= 11 is 0. The van der Waals surface area contributed by atoms with Gasteiger partial charge in [0.05, 0.1) is 10.9 Å². The van der Waals surface area contributed by atoms with Crippen LogP contribution in [0.1, 0.15) is 6.92 Å². The monoisotopic (exact) mass is 391 g/mol. The zero-order chi connectivity index (χ0) is 19.4. The Hall–Kier alpha value is -2.62. The molecule has 0 fully saturated rings. The number of ether oxygens (including phenoxy) is 2. The quantitative estimate of drug-likeness (QED) is 0.678. The van der Waals surface area contributed by atoms with E-state index in [9.17, 15) is 13.2 Å². The van der Waals surface area contributed by atoms with Crippen molar-refractivity contribution in [2.24, 2.45) is 5.14 Å². The van der Waals surface area contributed by atoms with Crippen molar-refractivity contribution < 1.29 is 22.7 Å². The summed E-state index contributed by atoms with van der Waals surface area (Å²) in [6.45, 7) is 2.56. The lowest BCUT2D eigenvalue weighted by Gasteiger charge is -2.27. The molecular weight excluding hydrogens is 370 g/mol. The zero-order valence-corrected chi connectivity index (χ0v) is 15.5. The van der Waals surface area contributed by atoms with Crippen LogP contribution in [0.15, 0.2) is 53.4 Å². The van der Waals surface area contributed by atoms with Gasteiger partial charge >= 0.3 is 0 Å². The van der Waals surface area contributed by atoms with Gasteiger partial charge in [0.15, 0.2) is 11.5 Å². The topological polar surface area (TPSA) is 120 Å². The molecule has 4 N–H and O–H groups in total. The van der Waals surface area contributed by atoms with Crippen LogP contribution in [0.25, 0.3) is 0 Å². The summed E-state index contributed by atoms with van der Waals surface area (Å²) in [4.78, 5) is 12.3. The Bertz CT molecular complexity index is 915. The van der Waals surface area contributed by atoms with Crippen molar-refractivity contribution >= 4 is 21.6 Å². The van der Waals surface area contributed by atoms with E-state index in [1.807, 2.05) is 24.3 Å². The van der Waals surface area contributed by atoms with E-state index in [1.54, 1.807) is 6.92 Å². The first kappa shape index (κ1) is 19.2. The third-order valence-electron chi connectivity index (χ3n) is 4.06. The number of fused-ring (bicyclic) bond motifs is 1. The number of nitrogens with two attached hydrogens (primary N) is 1. The Kier molecular flexibility index (Phi) is 5.64. The molecule has 8 nitrogen and oxygen atoms in total. The lowest BCUT2D eigenvalue weighted by molar-refractivity contribution is -0.117. The number of benzene rings is 2. The van der Waals surface area contributed by atoms with E-state index in [-0.39, 0.29) is 16.9 Å². The molecule has 144 valence electrons. The lowest BCUT2D eigenvalue weighted by Crippen LogP contribution is -2.45. The van der Waals surface area contributed by atoms with Gasteiger partial charge in [0.2, 0.25) is 15.9 Å². The Balaban J connectivity index is 1.50. The van der Waals surface area contributed by atoms with Crippen LogP contribution in [0.2, 0.25) is 0 Å². The molecule has 3 rings (SSSR count). The summed E-state index contributed by atoms with van der Waals surface area (Å²) in [6.07, 6.45) is -0.204. The maximum Gasteiger partial charge on any atom is 0.241 e. The molecule has 1 amide bonds. The fourth-order valence-corrected chi connectivity index (χ4v) is 3.06. The van der Waals surface area contributed by atoms with Crippen LogP contribution in [0.4, 0.5) is 5.69 Å². The second-order valence-corrected chi connectivity index (χ2v) is 7.75. The van der Waals surface area contributed by atoms with Gasteiger partial charge in [0.25, 0.3) is 0 Å². The van der Waals surface area contributed by atoms with E-state index >= 15 is 0 Å². The minimum absolute atomic E-state index is 0.0126. The minimum Gasteiger partial charge on any atom is -0.486 e. The van der Waals surface area contributed by atoms with Crippen molar-refractivity contribution in [3.63, 3.8) is 0 Å². The molecule has 0 saturated heterocycles. The summed E-state index contributed by atoms with van der Waals surface area (Å²) in [5, 5.41) is 10.9. The number of para-hydroxylation sites is 2. The average Bonchev–Trinajstić information content (AvgIpc) is 2.65. The second kappa shape index (κ2) is 7.95. The number of hydrogen-bond donors (Lipinski definition) is 3. The highest BCUT2D eigenvalue weighted by atomic mass is 32.2. The molecule has 1 heterocycles. The van der Waals surface area contributed by atoms with Gasteiger partial charge in [-0.2, -0.15) is 0 Å². The Morgan fingerprint density at radius 2 is 1.85 bits per heavy atom. The predicted molar refractivity (Wildman–Crippen MR) is 100 cm³/mol. The SMILES string of the molecule is C[C@@H](NC[C@H]1COc2ccccc2O1)C(=O)Nc1ccc(S(N)(=O)=O)cc1. The van der Waals surface area contributed by atoms with Gasteiger partial charge in [-0.1, -0.05) is 12.1 Å². The number of hydrogen-bond acceptors (Lipinski definition) is 6. The molecule has 0 bridgehead atoms. The number of carbonyl (C=O) groups excluding carboxylic acids is 1. The maximum absolute atomic E-state index is 12.3. The number of rotatable bonds is 6. The third-order valence-corrected chi connectivity index (χ3v) is 4.99. The summed E-state index contributed by atoms with van der Waals surface area (Å²) in [5.74, 6) is 1.14. The summed E-state index contributed by atoms with van der Waals surface area (Å²) < 4.78 is 34.0. The number of primary sulfonamides is 1. The van der Waals surface area contributed by atoms with E-state index in [4.69, 9.17) is 14.6 Å². The standard InChI is InChI=1S/C18H21N3O5S/c1-12(18(22)21-13-6-8-15(9-7-13)27(19,23)24)20-10-14-11-25-16-4-2-3-5-17(16)26-14/h2-9,12,14,20H,10-11H2,1H3,(H,21,22)(H2,19,23,24)/t12-,14+/m1/s1. The van der Waals surface area contributed by atoms with E-state index in [2.05, 4.69) is 10.6 Å². The smallest absolute Gasteiger partial charge is 0.241 e. The van der Waals surface area contributed by atoms with Crippen LogP contribution in [-0.4, -0.2) is 39.6 Å². The number of nitrogens with one attached hydrogen (secondary N) is 2. The molecule has 0 radical (unpaired) electrons. The molecular formula is C18H21N3O5S. The molecule has 9 heteroatoms. The summed E-state index contributed by atoms with van der Waals surface area (Å²) in [6, 6.07) is 12.6. The van der Waals surface area contributed by atoms with Crippen molar-refractivity contribution in [1.29, 1.82) is 0 Å². The Morgan fingerprint density at radius 1 is 1.19 bits per heavy atom. The highest BCUT2D eigenvalue weighted by Gasteiger charge is 2.22. The van der Waals surface area contributed by atoms with Crippen LogP contribution in [-0.2, 0) is 14.8 Å². The van der Waals surface area contributed by atoms with Crippen molar-refractivity contribution in [3.05, 3.63) is 48.5 Å². The maximum atomic E-state index is 12.3. The first-order valence-corrected chi connectivity index (χ1v) is 9.93. The van der Waals surface area contributed by atoms with Gasteiger partial charge < -0.3 is 20.1 Å². The van der Waals surface area contributed by atoms with E-state index < -0.39 is 16.1 Å². The molecule has 1 aliphatic rings. The fraction of sp³-hybridized carbons (Fsp3) is 0.278. The van der Waals surface area contributed by atoms with Gasteiger partial charge in [-0.05, 0) is 43.3 Å². The molecule has 2 aromatic carbocycles. The first-order valence-electron chi connectivity index (χ1n) is 8.38. The average molecular weight is 391 g/mol. The second-order valence-electron chi connectivity index (χ2n) is 6.19. The Morgan fingerprint density at radius 3 is 2.52 bits per heavy atom. The van der Waals surface area contributed by atoms with Gasteiger partial charge in [-0.3, -0.25) is 4.79 Å². The largest absolute Gasteiger partial charge is 0.486 e.